The molecule has 2 aliphatic carbocycles. The van der Waals surface area contributed by atoms with Crippen LogP contribution >= 0.6 is 11.8 Å². The SMILES string of the molecule is O=C(O)C1CCC1.O=C1NC(=O)/C(=C/c2ccc(OC(=O)C3CCC3)c(CO)c2)S1. The van der Waals surface area contributed by atoms with Crippen molar-refractivity contribution in [3.8, 4) is 5.75 Å². The van der Waals surface area contributed by atoms with Crippen molar-refractivity contribution in [3.63, 3.8) is 0 Å². The number of hydrogen-bond acceptors (Lipinski definition) is 7. The summed E-state index contributed by atoms with van der Waals surface area (Å²) in [6, 6.07) is 4.90. The van der Waals surface area contributed by atoms with Crippen LogP contribution in [0.3, 0.4) is 0 Å². The molecule has 1 saturated heterocycles. The summed E-state index contributed by atoms with van der Waals surface area (Å²) < 4.78 is 5.35. The topological polar surface area (TPSA) is 130 Å². The fraction of sp³-hybridized carbons (Fsp3) is 0.429. The Morgan fingerprint density at radius 1 is 1.13 bits per heavy atom. The molecule has 30 heavy (non-hydrogen) atoms. The Hall–Kier alpha value is -2.65. The largest absolute Gasteiger partial charge is 0.481 e. The fourth-order valence-corrected chi connectivity index (χ4v) is 3.66. The van der Waals surface area contributed by atoms with E-state index in [-0.39, 0.29) is 29.3 Å². The molecule has 4 rings (SSSR count). The van der Waals surface area contributed by atoms with Crippen molar-refractivity contribution >= 4 is 40.9 Å². The number of esters is 1. The molecule has 9 heteroatoms. The second-order valence-electron chi connectivity index (χ2n) is 7.39. The Balaban J connectivity index is 0.000000310. The van der Waals surface area contributed by atoms with E-state index in [0.29, 0.717) is 16.9 Å². The zero-order valence-corrected chi connectivity index (χ0v) is 17.1. The lowest BCUT2D eigenvalue weighted by Gasteiger charge is -2.23. The van der Waals surface area contributed by atoms with Gasteiger partial charge in [0.05, 0.1) is 23.3 Å². The van der Waals surface area contributed by atoms with Gasteiger partial charge >= 0.3 is 11.9 Å². The molecular formula is C21H23NO7S. The minimum Gasteiger partial charge on any atom is -0.481 e. The first kappa shape index (κ1) is 22.0. The molecule has 0 atom stereocenters. The van der Waals surface area contributed by atoms with E-state index in [1.807, 2.05) is 0 Å². The summed E-state index contributed by atoms with van der Waals surface area (Å²) >= 11 is 0.825. The Morgan fingerprint density at radius 3 is 2.23 bits per heavy atom. The molecule has 0 unspecified atom stereocenters. The van der Waals surface area contributed by atoms with Crippen molar-refractivity contribution in [1.29, 1.82) is 0 Å². The first-order valence-corrected chi connectivity index (χ1v) is 10.6. The fourth-order valence-electron chi connectivity index (χ4n) is 2.98. The molecule has 3 aliphatic rings. The maximum Gasteiger partial charge on any atom is 0.314 e. The Morgan fingerprint density at radius 2 is 1.80 bits per heavy atom. The van der Waals surface area contributed by atoms with E-state index in [0.717, 1.165) is 50.3 Å². The molecule has 1 aliphatic heterocycles. The highest BCUT2D eigenvalue weighted by Gasteiger charge is 2.28. The first-order chi connectivity index (χ1) is 14.4. The Labute approximate surface area is 177 Å². The number of carbonyl (C=O) groups excluding carboxylic acids is 3. The number of imide groups is 1. The number of hydrogen-bond donors (Lipinski definition) is 3. The molecule has 0 radical (unpaired) electrons. The molecule has 1 aromatic rings. The van der Waals surface area contributed by atoms with Crippen LogP contribution in [0.5, 0.6) is 5.75 Å². The van der Waals surface area contributed by atoms with Crippen LogP contribution in [0.25, 0.3) is 6.08 Å². The second kappa shape index (κ2) is 9.90. The molecule has 2 saturated carbocycles. The van der Waals surface area contributed by atoms with E-state index >= 15 is 0 Å². The van der Waals surface area contributed by atoms with E-state index in [9.17, 15) is 24.3 Å². The minimum atomic E-state index is -0.619. The monoisotopic (exact) mass is 433 g/mol. The average Bonchev–Trinajstić information content (AvgIpc) is 2.90. The van der Waals surface area contributed by atoms with Crippen molar-refractivity contribution in [2.75, 3.05) is 0 Å². The number of nitrogens with one attached hydrogen (secondary N) is 1. The molecule has 0 bridgehead atoms. The third-order valence-corrected chi connectivity index (χ3v) is 6.11. The number of ether oxygens (including phenoxy) is 1. The van der Waals surface area contributed by atoms with Gasteiger partial charge in [0.15, 0.2) is 0 Å². The number of aliphatic hydroxyl groups excluding tert-OH is 1. The van der Waals surface area contributed by atoms with Gasteiger partial charge in [-0.3, -0.25) is 24.5 Å². The van der Waals surface area contributed by atoms with Crippen molar-refractivity contribution in [1.82, 2.24) is 5.32 Å². The predicted octanol–water partition coefficient (Wildman–Crippen LogP) is 3.08. The van der Waals surface area contributed by atoms with Gasteiger partial charge in [-0.15, -0.1) is 0 Å². The summed E-state index contributed by atoms with van der Waals surface area (Å²) in [6.45, 7) is -0.289. The number of aliphatic carboxylic acids is 1. The molecule has 3 fully saturated rings. The van der Waals surface area contributed by atoms with Gasteiger partial charge in [-0.25, -0.2) is 0 Å². The molecule has 3 N–H and O–H groups in total. The third kappa shape index (κ3) is 5.48. The highest BCUT2D eigenvalue weighted by atomic mass is 32.2. The zero-order chi connectivity index (χ0) is 21.7. The van der Waals surface area contributed by atoms with Crippen LogP contribution in [0, 0.1) is 11.8 Å². The minimum absolute atomic E-state index is 0.000000000000000444. The number of carboxylic acid groups (broad SMARTS) is 1. The summed E-state index contributed by atoms with van der Waals surface area (Å²) in [4.78, 5) is 44.8. The van der Waals surface area contributed by atoms with Gasteiger partial charge in [0.25, 0.3) is 11.1 Å². The number of thioether (sulfide) groups is 1. The summed E-state index contributed by atoms with van der Waals surface area (Å²) in [5.74, 6) is -1.05. The van der Waals surface area contributed by atoms with E-state index < -0.39 is 17.1 Å². The lowest BCUT2D eigenvalue weighted by atomic mass is 9.86. The molecule has 0 spiro atoms. The quantitative estimate of drug-likeness (QED) is 0.367. The number of rotatable bonds is 5. The summed E-state index contributed by atoms with van der Waals surface area (Å²) in [5.41, 5.74) is 1.10. The van der Waals surface area contributed by atoms with Gasteiger partial charge in [0.2, 0.25) is 0 Å². The highest BCUT2D eigenvalue weighted by Crippen LogP contribution is 2.31. The number of carbonyl (C=O) groups is 4. The number of carboxylic acids is 1. The number of amides is 2. The van der Waals surface area contributed by atoms with Gasteiger partial charge < -0.3 is 14.9 Å². The van der Waals surface area contributed by atoms with Gasteiger partial charge in [0, 0.05) is 5.56 Å². The van der Waals surface area contributed by atoms with Gasteiger partial charge in [-0.2, -0.15) is 0 Å². The van der Waals surface area contributed by atoms with Crippen molar-refractivity contribution < 1.29 is 34.1 Å². The van der Waals surface area contributed by atoms with Crippen molar-refractivity contribution in [3.05, 3.63) is 34.2 Å². The second-order valence-corrected chi connectivity index (χ2v) is 8.41. The lowest BCUT2D eigenvalue weighted by Crippen LogP contribution is -2.26. The molecule has 8 nitrogen and oxygen atoms in total. The highest BCUT2D eigenvalue weighted by molar-refractivity contribution is 8.18. The van der Waals surface area contributed by atoms with Crippen LogP contribution in [0.2, 0.25) is 0 Å². The van der Waals surface area contributed by atoms with Crippen LogP contribution < -0.4 is 10.1 Å². The van der Waals surface area contributed by atoms with E-state index in [2.05, 4.69) is 5.32 Å². The summed E-state index contributed by atoms with van der Waals surface area (Å²) in [6.07, 6.45) is 7.19. The average molecular weight is 433 g/mol. The smallest absolute Gasteiger partial charge is 0.314 e. The molecule has 0 aromatic heterocycles. The van der Waals surface area contributed by atoms with Gasteiger partial charge in [0.1, 0.15) is 5.75 Å². The van der Waals surface area contributed by atoms with E-state index in [1.165, 1.54) is 0 Å². The van der Waals surface area contributed by atoms with Crippen LogP contribution in [-0.4, -0.2) is 33.3 Å². The molecular weight excluding hydrogens is 410 g/mol. The molecule has 2 amide bonds. The predicted molar refractivity (Wildman–Crippen MR) is 109 cm³/mol. The molecule has 1 heterocycles. The van der Waals surface area contributed by atoms with Crippen molar-refractivity contribution in [2.45, 2.75) is 45.1 Å². The number of benzene rings is 1. The summed E-state index contributed by atoms with van der Waals surface area (Å²) in [7, 11) is 0. The van der Waals surface area contributed by atoms with Crippen LogP contribution in [-0.2, 0) is 21.0 Å². The lowest BCUT2D eigenvalue weighted by molar-refractivity contribution is -0.144. The Bertz CT molecular complexity index is 887. The van der Waals surface area contributed by atoms with E-state index in [4.69, 9.17) is 9.84 Å². The Kier molecular flexibility index (Phi) is 7.28. The van der Waals surface area contributed by atoms with Gasteiger partial charge in [-0.1, -0.05) is 18.9 Å². The van der Waals surface area contributed by atoms with Crippen LogP contribution in [0.1, 0.15) is 49.7 Å². The number of aliphatic hydroxyl groups is 1. The summed E-state index contributed by atoms with van der Waals surface area (Å²) in [5, 5.41) is 19.5. The van der Waals surface area contributed by atoms with Gasteiger partial charge in [-0.05, 0) is 61.2 Å². The maximum absolute atomic E-state index is 11.9. The normalized spacial score (nSPS) is 20.0. The maximum atomic E-state index is 11.9. The standard InChI is InChI=1S/C16H15NO5S.C5H8O2/c18-8-11-6-9(7-13-14(19)17-16(21)23-13)4-5-12(11)22-15(20)10-2-1-3-10;6-5(7)4-2-1-3-4/h4-7,10,18H,1-3,8H2,(H,17,19,21);4H,1-3H2,(H,6,7)/b13-7-;. The molecule has 1 aromatic carbocycles. The van der Waals surface area contributed by atoms with Crippen LogP contribution in [0.4, 0.5) is 4.79 Å². The van der Waals surface area contributed by atoms with E-state index in [1.54, 1.807) is 24.3 Å². The molecule has 160 valence electrons. The van der Waals surface area contributed by atoms with Crippen molar-refractivity contribution in [2.24, 2.45) is 11.8 Å². The first-order valence-electron chi connectivity index (χ1n) is 9.80. The third-order valence-electron chi connectivity index (χ3n) is 5.30. The zero-order valence-electron chi connectivity index (χ0n) is 16.3. The van der Waals surface area contributed by atoms with Crippen LogP contribution in [0.15, 0.2) is 23.1 Å².